The van der Waals surface area contributed by atoms with E-state index < -0.39 is 5.97 Å². The van der Waals surface area contributed by atoms with E-state index in [-0.39, 0.29) is 5.76 Å². The third-order valence-electron chi connectivity index (χ3n) is 4.13. The Morgan fingerprint density at radius 2 is 1.60 bits per heavy atom. The lowest BCUT2D eigenvalue weighted by Gasteiger charge is -2.05. The number of benzene rings is 3. The van der Waals surface area contributed by atoms with Crippen LogP contribution in [-0.2, 0) is 0 Å². The normalized spacial score (nSPS) is 10.9. The fraction of sp³-hybridized carbons (Fsp3) is 0. The Bertz CT molecular complexity index is 1080. The van der Waals surface area contributed by atoms with Crippen LogP contribution < -0.4 is 0 Å². The summed E-state index contributed by atoms with van der Waals surface area (Å²) >= 11 is 6.31. The second kappa shape index (κ2) is 6.11. The predicted molar refractivity (Wildman–Crippen MR) is 99.1 cm³/mol. The summed E-state index contributed by atoms with van der Waals surface area (Å²) in [6.07, 6.45) is 0. The van der Waals surface area contributed by atoms with Crippen molar-refractivity contribution >= 4 is 28.5 Å². The standard InChI is InChI=1S/C21H13ClO3/c22-17-9-5-4-8-15(17)19-16-12-14(13-6-2-1-3-7-13)10-11-18(16)25-20(19)21(23)24/h1-12H,(H,23,24). The molecule has 1 aromatic heterocycles. The molecule has 0 fully saturated rings. The molecule has 0 aliphatic heterocycles. The van der Waals surface area contributed by atoms with E-state index in [1.165, 1.54) is 0 Å². The summed E-state index contributed by atoms with van der Waals surface area (Å²) in [5.74, 6) is -1.22. The Hall–Kier alpha value is -3.04. The van der Waals surface area contributed by atoms with Crippen molar-refractivity contribution in [1.29, 1.82) is 0 Å². The maximum absolute atomic E-state index is 11.7. The Labute approximate surface area is 149 Å². The first-order chi connectivity index (χ1) is 12.1. The van der Waals surface area contributed by atoms with Crippen molar-refractivity contribution in [1.82, 2.24) is 0 Å². The van der Waals surface area contributed by atoms with E-state index in [9.17, 15) is 9.90 Å². The zero-order chi connectivity index (χ0) is 17.4. The number of hydrogen-bond acceptors (Lipinski definition) is 2. The largest absolute Gasteiger partial charge is 0.475 e. The molecule has 0 saturated carbocycles. The van der Waals surface area contributed by atoms with Crippen LogP contribution in [0.25, 0.3) is 33.2 Å². The Balaban J connectivity index is 2.03. The van der Waals surface area contributed by atoms with Gasteiger partial charge >= 0.3 is 5.97 Å². The van der Waals surface area contributed by atoms with E-state index in [4.69, 9.17) is 16.0 Å². The van der Waals surface area contributed by atoms with Crippen molar-refractivity contribution in [3.8, 4) is 22.3 Å². The number of aromatic carboxylic acids is 1. The third kappa shape index (κ3) is 2.69. The molecule has 25 heavy (non-hydrogen) atoms. The molecule has 0 bridgehead atoms. The van der Waals surface area contributed by atoms with E-state index in [1.807, 2.05) is 54.6 Å². The number of fused-ring (bicyclic) bond motifs is 1. The van der Waals surface area contributed by atoms with Crippen LogP contribution in [0.3, 0.4) is 0 Å². The van der Waals surface area contributed by atoms with Gasteiger partial charge in [0.05, 0.1) is 0 Å². The van der Waals surface area contributed by atoms with Gasteiger partial charge in [-0.3, -0.25) is 0 Å². The second-order valence-electron chi connectivity index (χ2n) is 5.67. The molecule has 122 valence electrons. The topological polar surface area (TPSA) is 50.4 Å². The molecule has 0 unspecified atom stereocenters. The molecule has 0 saturated heterocycles. The summed E-state index contributed by atoms with van der Waals surface area (Å²) in [6, 6.07) is 22.7. The van der Waals surface area contributed by atoms with Crippen molar-refractivity contribution in [2.45, 2.75) is 0 Å². The van der Waals surface area contributed by atoms with Crippen LogP contribution >= 0.6 is 11.6 Å². The highest BCUT2D eigenvalue weighted by Crippen LogP contribution is 2.40. The summed E-state index contributed by atoms with van der Waals surface area (Å²) in [5, 5.41) is 10.8. The van der Waals surface area contributed by atoms with Gasteiger partial charge < -0.3 is 9.52 Å². The molecular formula is C21H13ClO3. The molecule has 0 aliphatic rings. The molecule has 0 radical (unpaired) electrons. The highest BCUT2D eigenvalue weighted by Gasteiger charge is 2.23. The summed E-state index contributed by atoms with van der Waals surface area (Å²) < 4.78 is 5.60. The highest BCUT2D eigenvalue weighted by molar-refractivity contribution is 6.34. The Morgan fingerprint density at radius 1 is 0.880 bits per heavy atom. The van der Waals surface area contributed by atoms with Crippen molar-refractivity contribution in [3.05, 3.63) is 83.6 Å². The van der Waals surface area contributed by atoms with Gasteiger partial charge in [-0.1, -0.05) is 66.2 Å². The van der Waals surface area contributed by atoms with Crippen LogP contribution in [0.2, 0.25) is 5.02 Å². The van der Waals surface area contributed by atoms with Gasteiger partial charge in [-0.05, 0) is 29.3 Å². The molecule has 1 heterocycles. The van der Waals surface area contributed by atoms with Crippen molar-refractivity contribution in [2.24, 2.45) is 0 Å². The molecule has 3 aromatic carbocycles. The first-order valence-corrected chi connectivity index (χ1v) is 8.13. The monoisotopic (exact) mass is 348 g/mol. The lowest BCUT2D eigenvalue weighted by molar-refractivity contribution is 0.0666. The number of carbonyl (C=O) groups is 1. The lowest BCUT2D eigenvalue weighted by atomic mass is 9.98. The maximum Gasteiger partial charge on any atom is 0.372 e. The smallest absolute Gasteiger partial charge is 0.372 e. The van der Waals surface area contributed by atoms with E-state index in [0.717, 1.165) is 16.5 Å². The van der Waals surface area contributed by atoms with Crippen LogP contribution in [0.5, 0.6) is 0 Å². The Kier molecular flexibility index (Phi) is 3.79. The van der Waals surface area contributed by atoms with Crippen molar-refractivity contribution in [2.75, 3.05) is 0 Å². The number of carboxylic acid groups (broad SMARTS) is 1. The van der Waals surface area contributed by atoms with Crippen molar-refractivity contribution < 1.29 is 14.3 Å². The molecule has 0 spiro atoms. The number of halogens is 1. The first kappa shape index (κ1) is 15.5. The molecule has 0 aliphatic carbocycles. The molecule has 4 heteroatoms. The summed E-state index contributed by atoms with van der Waals surface area (Å²) in [4.78, 5) is 11.7. The van der Waals surface area contributed by atoms with Gasteiger partial charge in [0.25, 0.3) is 0 Å². The molecule has 4 rings (SSSR count). The Morgan fingerprint density at radius 3 is 2.32 bits per heavy atom. The fourth-order valence-electron chi connectivity index (χ4n) is 2.99. The SMILES string of the molecule is O=C(O)c1oc2ccc(-c3ccccc3)cc2c1-c1ccccc1Cl. The summed E-state index contributed by atoms with van der Waals surface area (Å²) in [7, 11) is 0. The minimum Gasteiger partial charge on any atom is -0.475 e. The van der Waals surface area contributed by atoms with E-state index >= 15 is 0 Å². The van der Waals surface area contributed by atoms with Crippen LogP contribution in [0, 0.1) is 0 Å². The van der Waals surface area contributed by atoms with Crippen LogP contribution in [-0.4, -0.2) is 11.1 Å². The first-order valence-electron chi connectivity index (χ1n) is 7.75. The minimum atomic E-state index is -1.12. The van der Waals surface area contributed by atoms with Gasteiger partial charge in [-0.25, -0.2) is 4.79 Å². The number of carboxylic acids is 1. The summed E-state index contributed by atoms with van der Waals surface area (Å²) in [5.41, 5.74) is 3.70. The van der Waals surface area contributed by atoms with Crippen molar-refractivity contribution in [3.63, 3.8) is 0 Å². The predicted octanol–water partition coefficient (Wildman–Crippen LogP) is 6.12. The highest BCUT2D eigenvalue weighted by atomic mass is 35.5. The zero-order valence-corrected chi connectivity index (χ0v) is 13.8. The lowest BCUT2D eigenvalue weighted by Crippen LogP contribution is -1.96. The van der Waals surface area contributed by atoms with Crippen LogP contribution in [0.15, 0.2) is 77.2 Å². The maximum atomic E-state index is 11.7. The molecule has 3 nitrogen and oxygen atoms in total. The second-order valence-corrected chi connectivity index (χ2v) is 6.08. The molecule has 4 aromatic rings. The van der Waals surface area contributed by atoms with E-state index in [1.54, 1.807) is 18.2 Å². The average molecular weight is 349 g/mol. The molecule has 1 N–H and O–H groups in total. The molecule has 0 atom stereocenters. The van der Waals surface area contributed by atoms with Gasteiger partial charge in [0, 0.05) is 21.5 Å². The molecule has 0 amide bonds. The van der Waals surface area contributed by atoms with Gasteiger partial charge in [-0.2, -0.15) is 0 Å². The van der Waals surface area contributed by atoms with Crippen LogP contribution in [0.1, 0.15) is 10.6 Å². The van der Waals surface area contributed by atoms with E-state index in [2.05, 4.69) is 0 Å². The number of furan rings is 1. The molecular weight excluding hydrogens is 336 g/mol. The number of hydrogen-bond donors (Lipinski definition) is 1. The minimum absolute atomic E-state index is 0.103. The fourth-order valence-corrected chi connectivity index (χ4v) is 3.22. The third-order valence-corrected chi connectivity index (χ3v) is 4.46. The quantitative estimate of drug-likeness (QED) is 0.485. The zero-order valence-electron chi connectivity index (χ0n) is 13.1. The number of rotatable bonds is 3. The van der Waals surface area contributed by atoms with Gasteiger partial charge in [0.15, 0.2) is 0 Å². The van der Waals surface area contributed by atoms with Gasteiger partial charge in [0.1, 0.15) is 5.58 Å². The van der Waals surface area contributed by atoms with Gasteiger partial charge in [0.2, 0.25) is 5.76 Å². The van der Waals surface area contributed by atoms with E-state index in [0.29, 0.717) is 21.7 Å². The van der Waals surface area contributed by atoms with Gasteiger partial charge in [-0.15, -0.1) is 0 Å². The van der Waals surface area contributed by atoms with Crippen LogP contribution in [0.4, 0.5) is 0 Å². The average Bonchev–Trinajstić information content (AvgIpc) is 3.02. The summed E-state index contributed by atoms with van der Waals surface area (Å²) in [6.45, 7) is 0.